The first-order chi connectivity index (χ1) is 8.50. The molecule has 1 aromatic carbocycles. The van der Waals surface area contributed by atoms with Crippen LogP contribution in [0.25, 0.3) is 0 Å². The molecule has 0 atom stereocenters. The molecule has 0 aliphatic heterocycles. The first kappa shape index (κ1) is 14.1. The van der Waals surface area contributed by atoms with E-state index in [1.807, 2.05) is 18.2 Å². The summed E-state index contributed by atoms with van der Waals surface area (Å²) >= 11 is 6.83. The molecule has 4 heteroatoms. The summed E-state index contributed by atoms with van der Waals surface area (Å²) < 4.78 is 1.79. The van der Waals surface area contributed by atoms with Crippen molar-refractivity contribution >= 4 is 37.8 Å². The Balaban J connectivity index is 2.11. The molecule has 0 saturated heterocycles. The minimum Gasteiger partial charge on any atom is -0.347 e. The van der Waals surface area contributed by atoms with Crippen molar-refractivity contribution in [1.29, 1.82) is 0 Å². The maximum absolute atomic E-state index is 12.3. The van der Waals surface area contributed by atoms with E-state index in [1.54, 1.807) is 0 Å². The fraction of sp³-hybridized carbons (Fsp3) is 0.500. The van der Waals surface area contributed by atoms with Crippen LogP contribution < -0.4 is 5.32 Å². The van der Waals surface area contributed by atoms with Crippen LogP contribution in [0.4, 0.5) is 0 Å². The Hall–Kier alpha value is -0.350. The van der Waals surface area contributed by atoms with Gasteiger partial charge >= 0.3 is 0 Å². The van der Waals surface area contributed by atoms with E-state index in [2.05, 4.69) is 44.1 Å². The zero-order valence-electron chi connectivity index (χ0n) is 10.4. The number of hydrogen-bond acceptors (Lipinski definition) is 1. The molecular weight excluding hydrogens is 358 g/mol. The van der Waals surface area contributed by atoms with Gasteiger partial charge in [0.05, 0.1) is 5.56 Å². The van der Waals surface area contributed by atoms with Gasteiger partial charge in [-0.05, 0) is 53.9 Å². The van der Waals surface area contributed by atoms with Gasteiger partial charge in [0.1, 0.15) is 0 Å². The first-order valence-electron chi connectivity index (χ1n) is 6.28. The highest BCUT2D eigenvalue weighted by atomic mass is 79.9. The summed E-state index contributed by atoms with van der Waals surface area (Å²) in [5, 5.41) is 3.19. The Kier molecular flexibility index (Phi) is 4.49. The van der Waals surface area contributed by atoms with Crippen molar-refractivity contribution in [3.8, 4) is 0 Å². The Morgan fingerprint density at radius 3 is 2.50 bits per heavy atom. The standard InChI is InChI=1S/C14H17Br2NO/c1-14(7-3-2-4-8-14)17-13(18)11-6-5-10(15)9-12(11)16/h5-6,9H,2-4,7-8H2,1H3,(H,17,18). The Morgan fingerprint density at radius 1 is 1.22 bits per heavy atom. The number of halogens is 2. The zero-order chi connectivity index (χ0) is 13.2. The Bertz CT molecular complexity index is 453. The highest BCUT2D eigenvalue weighted by Crippen LogP contribution is 2.29. The van der Waals surface area contributed by atoms with Gasteiger partial charge in [0.2, 0.25) is 0 Å². The molecule has 1 aliphatic rings. The van der Waals surface area contributed by atoms with Gasteiger partial charge in [0.25, 0.3) is 5.91 Å². The summed E-state index contributed by atoms with van der Waals surface area (Å²) in [6.45, 7) is 2.15. The highest BCUT2D eigenvalue weighted by molar-refractivity contribution is 9.11. The molecule has 1 N–H and O–H groups in total. The van der Waals surface area contributed by atoms with E-state index < -0.39 is 0 Å². The lowest BCUT2D eigenvalue weighted by Gasteiger charge is -2.34. The van der Waals surface area contributed by atoms with E-state index in [0.717, 1.165) is 21.8 Å². The van der Waals surface area contributed by atoms with Crippen LogP contribution in [0.3, 0.4) is 0 Å². The van der Waals surface area contributed by atoms with Crippen LogP contribution >= 0.6 is 31.9 Å². The fourth-order valence-corrected chi connectivity index (χ4v) is 3.70. The maximum atomic E-state index is 12.3. The largest absolute Gasteiger partial charge is 0.347 e. The molecular formula is C14H17Br2NO. The predicted octanol–water partition coefficient (Wildman–Crippen LogP) is 4.66. The van der Waals surface area contributed by atoms with Crippen molar-refractivity contribution in [3.63, 3.8) is 0 Å². The third-order valence-electron chi connectivity index (χ3n) is 3.55. The van der Waals surface area contributed by atoms with Crippen LogP contribution in [0.2, 0.25) is 0 Å². The molecule has 1 aliphatic carbocycles. The number of carbonyl (C=O) groups excluding carboxylic acids is 1. The molecule has 0 radical (unpaired) electrons. The van der Waals surface area contributed by atoms with Crippen LogP contribution in [0.15, 0.2) is 27.1 Å². The van der Waals surface area contributed by atoms with Gasteiger partial charge in [0.15, 0.2) is 0 Å². The van der Waals surface area contributed by atoms with Crippen molar-refractivity contribution in [2.24, 2.45) is 0 Å². The molecule has 1 aromatic rings. The number of rotatable bonds is 2. The van der Waals surface area contributed by atoms with Gasteiger partial charge in [-0.2, -0.15) is 0 Å². The van der Waals surface area contributed by atoms with Gasteiger partial charge in [-0.15, -0.1) is 0 Å². The van der Waals surface area contributed by atoms with E-state index in [4.69, 9.17) is 0 Å². The van der Waals surface area contributed by atoms with Gasteiger partial charge in [-0.3, -0.25) is 4.79 Å². The van der Waals surface area contributed by atoms with E-state index in [1.165, 1.54) is 19.3 Å². The summed E-state index contributed by atoms with van der Waals surface area (Å²) in [7, 11) is 0. The van der Waals surface area contributed by atoms with E-state index in [-0.39, 0.29) is 11.4 Å². The molecule has 0 spiro atoms. The topological polar surface area (TPSA) is 29.1 Å². The maximum Gasteiger partial charge on any atom is 0.252 e. The summed E-state index contributed by atoms with van der Waals surface area (Å²) in [5.74, 6) is 0.0128. The van der Waals surface area contributed by atoms with Crippen LogP contribution in [0, 0.1) is 0 Å². The van der Waals surface area contributed by atoms with Gasteiger partial charge in [-0.25, -0.2) is 0 Å². The third-order valence-corrected chi connectivity index (χ3v) is 4.70. The molecule has 0 bridgehead atoms. The fourth-order valence-electron chi connectivity index (χ4n) is 2.47. The van der Waals surface area contributed by atoms with Crippen molar-refractivity contribution in [3.05, 3.63) is 32.7 Å². The highest BCUT2D eigenvalue weighted by Gasteiger charge is 2.29. The average molecular weight is 375 g/mol. The summed E-state index contributed by atoms with van der Waals surface area (Å²) in [4.78, 5) is 12.3. The van der Waals surface area contributed by atoms with Crippen LogP contribution in [-0.2, 0) is 0 Å². The third kappa shape index (κ3) is 3.35. The molecule has 2 rings (SSSR count). The molecule has 18 heavy (non-hydrogen) atoms. The van der Waals surface area contributed by atoms with Crippen LogP contribution in [-0.4, -0.2) is 11.4 Å². The smallest absolute Gasteiger partial charge is 0.252 e. The lowest BCUT2D eigenvalue weighted by Crippen LogP contribution is -2.47. The van der Waals surface area contributed by atoms with E-state index >= 15 is 0 Å². The molecule has 0 aromatic heterocycles. The SMILES string of the molecule is CC1(NC(=O)c2ccc(Br)cc2Br)CCCCC1. The van der Waals surface area contributed by atoms with Crippen molar-refractivity contribution < 1.29 is 4.79 Å². The van der Waals surface area contributed by atoms with Gasteiger partial charge in [-0.1, -0.05) is 35.2 Å². The minimum absolute atomic E-state index is 0.0128. The van der Waals surface area contributed by atoms with Crippen molar-refractivity contribution in [1.82, 2.24) is 5.32 Å². The molecule has 1 amide bonds. The molecule has 1 fully saturated rings. The molecule has 0 heterocycles. The van der Waals surface area contributed by atoms with Gasteiger partial charge in [0, 0.05) is 14.5 Å². The second-order valence-electron chi connectivity index (χ2n) is 5.20. The van der Waals surface area contributed by atoms with Crippen LogP contribution in [0.5, 0.6) is 0 Å². The van der Waals surface area contributed by atoms with E-state index in [9.17, 15) is 4.79 Å². The molecule has 0 unspecified atom stereocenters. The quantitative estimate of drug-likeness (QED) is 0.800. The molecule has 98 valence electrons. The number of carbonyl (C=O) groups is 1. The number of hydrogen-bond donors (Lipinski definition) is 1. The second kappa shape index (κ2) is 5.74. The van der Waals surface area contributed by atoms with Crippen LogP contribution in [0.1, 0.15) is 49.4 Å². The second-order valence-corrected chi connectivity index (χ2v) is 6.97. The monoisotopic (exact) mass is 373 g/mol. The van der Waals surface area contributed by atoms with Crippen molar-refractivity contribution in [2.75, 3.05) is 0 Å². The number of amides is 1. The predicted molar refractivity (Wildman–Crippen MR) is 80.8 cm³/mol. The van der Waals surface area contributed by atoms with Gasteiger partial charge < -0.3 is 5.32 Å². The number of benzene rings is 1. The number of nitrogens with one attached hydrogen (secondary N) is 1. The minimum atomic E-state index is -0.0398. The Morgan fingerprint density at radius 2 is 1.89 bits per heavy atom. The zero-order valence-corrected chi connectivity index (χ0v) is 13.6. The summed E-state index contributed by atoms with van der Waals surface area (Å²) in [6.07, 6.45) is 5.85. The molecule has 1 saturated carbocycles. The lowest BCUT2D eigenvalue weighted by atomic mass is 9.83. The first-order valence-corrected chi connectivity index (χ1v) is 7.86. The normalized spacial score (nSPS) is 18.4. The van der Waals surface area contributed by atoms with E-state index in [0.29, 0.717) is 5.56 Å². The molecule has 2 nitrogen and oxygen atoms in total. The lowest BCUT2D eigenvalue weighted by molar-refractivity contribution is 0.0882. The summed E-state index contributed by atoms with van der Waals surface area (Å²) in [5.41, 5.74) is 0.659. The average Bonchev–Trinajstić information content (AvgIpc) is 2.28. The van der Waals surface area contributed by atoms with Crippen molar-refractivity contribution in [2.45, 2.75) is 44.6 Å². The Labute approximate surface area is 125 Å². The summed E-state index contributed by atoms with van der Waals surface area (Å²) in [6, 6.07) is 5.64.